The van der Waals surface area contributed by atoms with Crippen LogP contribution in [0.15, 0.2) is 54.6 Å². The van der Waals surface area contributed by atoms with Crippen LogP contribution in [-0.2, 0) is 14.3 Å². The molecular weight excluding hydrogens is 356 g/mol. The molecule has 0 aromatic heterocycles. The zero-order chi connectivity index (χ0) is 19.9. The fourth-order valence-electron chi connectivity index (χ4n) is 2.82. The Morgan fingerprint density at radius 2 is 1.71 bits per heavy atom. The maximum atomic E-state index is 12.3. The Bertz CT molecular complexity index is 847. The summed E-state index contributed by atoms with van der Waals surface area (Å²) in [5, 5.41) is 5.54. The first-order valence-corrected chi connectivity index (χ1v) is 9.43. The van der Waals surface area contributed by atoms with Crippen LogP contribution in [-0.4, -0.2) is 30.4 Å². The second-order valence-corrected chi connectivity index (χ2v) is 7.02. The van der Waals surface area contributed by atoms with Crippen molar-refractivity contribution in [1.82, 2.24) is 5.32 Å². The summed E-state index contributed by atoms with van der Waals surface area (Å²) in [5.74, 6) is -1.13. The number of rotatable bonds is 8. The molecule has 2 aromatic carbocycles. The molecule has 146 valence electrons. The van der Waals surface area contributed by atoms with E-state index in [1.807, 2.05) is 37.3 Å². The number of carbonyl (C=O) groups excluding carboxylic acids is 3. The first-order chi connectivity index (χ1) is 13.5. The summed E-state index contributed by atoms with van der Waals surface area (Å²) in [5.41, 5.74) is 1.84. The van der Waals surface area contributed by atoms with Crippen molar-refractivity contribution in [3.63, 3.8) is 0 Å². The van der Waals surface area contributed by atoms with Crippen molar-refractivity contribution in [3.05, 3.63) is 65.7 Å². The SMILES string of the molecule is C[C@@H](CC(=O)OCC(=O)Nc1ccccc1C(=O)NC1CC1)c1ccccc1. The van der Waals surface area contributed by atoms with E-state index in [9.17, 15) is 14.4 Å². The number of esters is 1. The fraction of sp³-hybridized carbons (Fsp3) is 0.318. The van der Waals surface area contributed by atoms with Crippen molar-refractivity contribution in [3.8, 4) is 0 Å². The summed E-state index contributed by atoms with van der Waals surface area (Å²) in [4.78, 5) is 36.5. The van der Waals surface area contributed by atoms with Crippen LogP contribution in [0.4, 0.5) is 5.69 Å². The summed E-state index contributed by atoms with van der Waals surface area (Å²) in [7, 11) is 0. The van der Waals surface area contributed by atoms with Crippen molar-refractivity contribution in [1.29, 1.82) is 0 Å². The van der Waals surface area contributed by atoms with Gasteiger partial charge in [-0.15, -0.1) is 0 Å². The van der Waals surface area contributed by atoms with Crippen molar-refractivity contribution < 1.29 is 19.1 Å². The van der Waals surface area contributed by atoms with E-state index in [1.54, 1.807) is 24.3 Å². The summed E-state index contributed by atoms with van der Waals surface area (Å²) in [6, 6.07) is 16.7. The van der Waals surface area contributed by atoms with E-state index >= 15 is 0 Å². The zero-order valence-corrected chi connectivity index (χ0v) is 15.8. The maximum absolute atomic E-state index is 12.3. The molecular formula is C22H24N2O4. The normalized spacial score (nSPS) is 14.0. The van der Waals surface area contributed by atoms with Gasteiger partial charge in [-0.05, 0) is 36.5 Å². The quantitative estimate of drug-likeness (QED) is 0.689. The average molecular weight is 380 g/mol. The minimum Gasteiger partial charge on any atom is -0.456 e. The number of benzene rings is 2. The minimum atomic E-state index is -0.479. The van der Waals surface area contributed by atoms with E-state index in [1.165, 1.54) is 0 Å². The van der Waals surface area contributed by atoms with E-state index in [2.05, 4.69) is 10.6 Å². The number of nitrogens with one attached hydrogen (secondary N) is 2. The average Bonchev–Trinajstić information content (AvgIpc) is 3.51. The molecule has 6 heteroatoms. The van der Waals surface area contributed by atoms with Crippen LogP contribution in [0.3, 0.4) is 0 Å². The molecule has 0 heterocycles. The highest BCUT2D eigenvalue weighted by Crippen LogP contribution is 2.22. The maximum Gasteiger partial charge on any atom is 0.306 e. The third-order valence-corrected chi connectivity index (χ3v) is 4.56. The van der Waals surface area contributed by atoms with Gasteiger partial charge in [-0.1, -0.05) is 49.4 Å². The van der Waals surface area contributed by atoms with Gasteiger partial charge in [0.25, 0.3) is 11.8 Å². The van der Waals surface area contributed by atoms with Crippen molar-refractivity contribution in [2.75, 3.05) is 11.9 Å². The molecule has 0 aliphatic heterocycles. The lowest BCUT2D eigenvalue weighted by Crippen LogP contribution is -2.28. The number of ether oxygens (including phenoxy) is 1. The molecule has 1 atom stereocenters. The third kappa shape index (κ3) is 5.67. The van der Waals surface area contributed by atoms with Crippen LogP contribution in [0.1, 0.15) is 48.0 Å². The smallest absolute Gasteiger partial charge is 0.306 e. The minimum absolute atomic E-state index is 0.00334. The monoisotopic (exact) mass is 380 g/mol. The number of carbonyl (C=O) groups is 3. The molecule has 3 rings (SSSR count). The van der Waals surface area contributed by atoms with Crippen LogP contribution in [0.25, 0.3) is 0 Å². The molecule has 1 aliphatic carbocycles. The van der Waals surface area contributed by atoms with Crippen LogP contribution >= 0.6 is 0 Å². The standard InChI is InChI=1S/C22H24N2O4/c1-15(16-7-3-2-4-8-16)13-21(26)28-14-20(25)24-19-10-6-5-9-18(19)22(27)23-17-11-12-17/h2-10,15,17H,11-14H2,1H3,(H,23,27)(H,24,25)/t15-/m0/s1. The van der Waals surface area contributed by atoms with Crippen molar-refractivity contribution in [2.24, 2.45) is 0 Å². The Balaban J connectivity index is 1.49. The molecule has 0 saturated heterocycles. The molecule has 0 unspecified atom stereocenters. The predicted octanol–water partition coefficient (Wildman–Crippen LogP) is 3.25. The predicted molar refractivity (Wildman–Crippen MR) is 106 cm³/mol. The number of hydrogen-bond donors (Lipinski definition) is 2. The van der Waals surface area contributed by atoms with Gasteiger partial charge in [0.05, 0.1) is 17.7 Å². The van der Waals surface area contributed by atoms with Gasteiger partial charge in [-0.25, -0.2) is 0 Å². The summed E-state index contributed by atoms with van der Waals surface area (Å²) < 4.78 is 5.09. The van der Waals surface area contributed by atoms with Gasteiger partial charge >= 0.3 is 5.97 Å². The number of hydrogen-bond acceptors (Lipinski definition) is 4. The van der Waals surface area contributed by atoms with Gasteiger partial charge in [0, 0.05) is 6.04 Å². The Kier molecular flexibility index (Phi) is 6.42. The molecule has 0 bridgehead atoms. The van der Waals surface area contributed by atoms with Crippen molar-refractivity contribution in [2.45, 2.75) is 38.1 Å². The van der Waals surface area contributed by atoms with Crippen LogP contribution < -0.4 is 10.6 Å². The molecule has 6 nitrogen and oxygen atoms in total. The van der Waals surface area contributed by atoms with E-state index in [0.29, 0.717) is 11.3 Å². The molecule has 1 saturated carbocycles. The molecule has 2 N–H and O–H groups in total. The number of para-hydroxylation sites is 1. The number of amides is 2. The van der Waals surface area contributed by atoms with Crippen LogP contribution in [0.2, 0.25) is 0 Å². The highest BCUT2D eigenvalue weighted by molar-refractivity contribution is 6.04. The number of anilines is 1. The Morgan fingerprint density at radius 3 is 2.43 bits per heavy atom. The first-order valence-electron chi connectivity index (χ1n) is 9.43. The van der Waals surface area contributed by atoms with Crippen LogP contribution in [0, 0.1) is 0 Å². The molecule has 1 fully saturated rings. The largest absolute Gasteiger partial charge is 0.456 e. The van der Waals surface area contributed by atoms with Gasteiger partial charge in [0.1, 0.15) is 0 Å². The molecule has 1 aliphatic rings. The Morgan fingerprint density at radius 1 is 1.04 bits per heavy atom. The first kappa shape index (κ1) is 19.6. The fourth-order valence-corrected chi connectivity index (χ4v) is 2.82. The van der Waals surface area contributed by atoms with Crippen LogP contribution in [0.5, 0.6) is 0 Å². The Hall–Kier alpha value is -3.15. The molecule has 2 aromatic rings. The zero-order valence-electron chi connectivity index (χ0n) is 15.8. The lowest BCUT2D eigenvalue weighted by molar-refractivity contribution is -0.147. The van der Waals surface area contributed by atoms with Gasteiger partial charge in [-0.3, -0.25) is 14.4 Å². The van der Waals surface area contributed by atoms with Gasteiger partial charge in [0.2, 0.25) is 0 Å². The lowest BCUT2D eigenvalue weighted by atomic mass is 9.98. The summed E-state index contributed by atoms with van der Waals surface area (Å²) in [6.07, 6.45) is 2.16. The van der Waals surface area contributed by atoms with Gasteiger partial charge in [-0.2, -0.15) is 0 Å². The summed E-state index contributed by atoms with van der Waals surface area (Å²) in [6.45, 7) is 1.55. The van der Waals surface area contributed by atoms with E-state index < -0.39 is 11.9 Å². The topological polar surface area (TPSA) is 84.5 Å². The highest BCUT2D eigenvalue weighted by atomic mass is 16.5. The van der Waals surface area contributed by atoms with E-state index in [4.69, 9.17) is 4.74 Å². The molecule has 0 radical (unpaired) electrons. The van der Waals surface area contributed by atoms with Gasteiger partial charge in [0.15, 0.2) is 6.61 Å². The van der Waals surface area contributed by atoms with E-state index in [0.717, 1.165) is 18.4 Å². The second kappa shape index (κ2) is 9.17. The molecule has 2 amide bonds. The molecule has 0 spiro atoms. The summed E-state index contributed by atoms with van der Waals surface area (Å²) >= 11 is 0. The second-order valence-electron chi connectivity index (χ2n) is 7.02. The highest BCUT2D eigenvalue weighted by Gasteiger charge is 2.25. The Labute approximate surface area is 164 Å². The van der Waals surface area contributed by atoms with E-state index in [-0.39, 0.29) is 30.9 Å². The lowest BCUT2D eigenvalue weighted by Gasteiger charge is -2.13. The van der Waals surface area contributed by atoms with Crippen molar-refractivity contribution >= 4 is 23.5 Å². The third-order valence-electron chi connectivity index (χ3n) is 4.56. The van der Waals surface area contributed by atoms with Gasteiger partial charge < -0.3 is 15.4 Å². The molecule has 28 heavy (non-hydrogen) atoms.